The fraction of sp³-hybridized carbons (Fsp3) is 0.200. The standard InChI is InChI=1S/C20H18N4O2S/c1-12-4-5-15(10-13(12)2)20-23-22-18(25-20)11-17-21-19(24-26-17)14-6-8-16(27-3)9-7-14/h4-10H,11H2,1-3H3. The number of rotatable bonds is 5. The van der Waals surface area contributed by atoms with E-state index in [2.05, 4.69) is 34.2 Å². The number of benzene rings is 2. The molecule has 0 spiro atoms. The second kappa shape index (κ2) is 7.36. The van der Waals surface area contributed by atoms with Gasteiger partial charge < -0.3 is 8.94 Å². The maximum absolute atomic E-state index is 5.76. The van der Waals surface area contributed by atoms with Gasteiger partial charge >= 0.3 is 0 Å². The van der Waals surface area contributed by atoms with Crippen molar-refractivity contribution in [3.05, 3.63) is 65.4 Å². The van der Waals surface area contributed by atoms with Gasteiger partial charge in [-0.05, 0) is 67.6 Å². The van der Waals surface area contributed by atoms with Crippen molar-refractivity contribution in [1.29, 1.82) is 0 Å². The summed E-state index contributed by atoms with van der Waals surface area (Å²) >= 11 is 1.69. The molecule has 27 heavy (non-hydrogen) atoms. The average Bonchev–Trinajstić information content (AvgIpc) is 3.34. The molecule has 0 saturated carbocycles. The van der Waals surface area contributed by atoms with Crippen molar-refractivity contribution in [1.82, 2.24) is 20.3 Å². The van der Waals surface area contributed by atoms with E-state index in [0.29, 0.717) is 29.9 Å². The highest BCUT2D eigenvalue weighted by atomic mass is 32.2. The summed E-state index contributed by atoms with van der Waals surface area (Å²) < 4.78 is 11.1. The van der Waals surface area contributed by atoms with Crippen LogP contribution in [0.2, 0.25) is 0 Å². The first-order chi connectivity index (χ1) is 13.1. The molecule has 2 aromatic heterocycles. The number of hydrogen-bond acceptors (Lipinski definition) is 7. The molecule has 6 nitrogen and oxygen atoms in total. The van der Waals surface area contributed by atoms with Crippen LogP contribution >= 0.6 is 11.8 Å². The van der Waals surface area contributed by atoms with Gasteiger partial charge in [0.15, 0.2) is 0 Å². The summed E-state index contributed by atoms with van der Waals surface area (Å²) in [5, 5.41) is 12.3. The average molecular weight is 378 g/mol. The zero-order valence-electron chi connectivity index (χ0n) is 15.3. The van der Waals surface area contributed by atoms with Crippen molar-refractivity contribution in [2.24, 2.45) is 0 Å². The first-order valence-electron chi connectivity index (χ1n) is 8.49. The van der Waals surface area contributed by atoms with Crippen LogP contribution in [0.1, 0.15) is 22.9 Å². The third kappa shape index (κ3) is 3.78. The van der Waals surface area contributed by atoms with Crippen LogP contribution in [0.3, 0.4) is 0 Å². The van der Waals surface area contributed by atoms with Crippen LogP contribution < -0.4 is 0 Å². The zero-order chi connectivity index (χ0) is 18.8. The molecular weight excluding hydrogens is 360 g/mol. The smallest absolute Gasteiger partial charge is 0.247 e. The topological polar surface area (TPSA) is 77.8 Å². The Hall–Kier alpha value is -2.93. The highest BCUT2D eigenvalue weighted by Crippen LogP contribution is 2.23. The quantitative estimate of drug-likeness (QED) is 0.465. The molecule has 0 aliphatic rings. The minimum Gasteiger partial charge on any atom is -0.420 e. The van der Waals surface area contributed by atoms with Crippen LogP contribution in [0.4, 0.5) is 0 Å². The number of thioether (sulfide) groups is 1. The summed E-state index contributed by atoms with van der Waals surface area (Å²) in [6.07, 6.45) is 2.34. The van der Waals surface area contributed by atoms with E-state index in [-0.39, 0.29) is 0 Å². The predicted octanol–water partition coefficient (Wildman–Crippen LogP) is 4.72. The third-order valence-electron chi connectivity index (χ3n) is 4.34. The van der Waals surface area contributed by atoms with Gasteiger partial charge in [-0.25, -0.2) is 0 Å². The molecular formula is C20H18N4O2S. The Balaban J connectivity index is 1.51. The number of aromatic nitrogens is 4. The lowest BCUT2D eigenvalue weighted by Gasteiger charge is -2.00. The van der Waals surface area contributed by atoms with Crippen molar-refractivity contribution >= 4 is 11.8 Å². The Kier molecular flexibility index (Phi) is 4.77. The summed E-state index contributed by atoms with van der Waals surface area (Å²) in [6, 6.07) is 14.1. The van der Waals surface area contributed by atoms with Gasteiger partial charge in [0.25, 0.3) is 0 Å². The number of hydrogen-bond donors (Lipinski definition) is 0. The number of nitrogens with zero attached hydrogens (tertiary/aromatic N) is 4. The molecule has 4 aromatic rings. The van der Waals surface area contributed by atoms with Gasteiger partial charge in [0.05, 0.1) is 0 Å². The van der Waals surface area contributed by atoms with Crippen molar-refractivity contribution < 1.29 is 8.94 Å². The van der Waals surface area contributed by atoms with E-state index in [0.717, 1.165) is 11.1 Å². The Morgan fingerprint density at radius 1 is 0.889 bits per heavy atom. The van der Waals surface area contributed by atoms with Crippen LogP contribution in [0.5, 0.6) is 0 Å². The molecule has 136 valence electrons. The van der Waals surface area contributed by atoms with Gasteiger partial charge in [0.1, 0.15) is 6.42 Å². The van der Waals surface area contributed by atoms with E-state index in [1.54, 1.807) is 11.8 Å². The number of aryl methyl sites for hydroxylation is 2. The Labute approximate surface area is 161 Å². The van der Waals surface area contributed by atoms with E-state index in [4.69, 9.17) is 8.94 Å². The van der Waals surface area contributed by atoms with Crippen LogP contribution in [0.25, 0.3) is 22.8 Å². The second-order valence-corrected chi connectivity index (χ2v) is 7.10. The van der Waals surface area contributed by atoms with Crippen LogP contribution in [-0.2, 0) is 6.42 Å². The van der Waals surface area contributed by atoms with Crippen molar-refractivity contribution in [2.75, 3.05) is 6.26 Å². The maximum Gasteiger partial charge on any atom is 0.247 e. The first-order valence-corrected chi connectivity index (χ1v) is 9.72. The molecule has 0 radical (unpaired) electrons. The second-order valence-electron chi connectivity index (χ2n) is 6.22. The van der Waals surface area contributed by atoms with Crippen LogP contribution in [-0.4, -0.2) is 26.6 Å². The summed E-state index contributed by atoms with van der Waals surface area (Å²) in [5.74, 6) is 1.91. The van der Waals surface area contributed by atoms with Gasteiger partial charge in [-0.3, -0.25) is 0 Å². The molecule has 0 fully saturated rings. The maximum atomic E-state index is 5.76. The lowest BCUT2D eigenvalue weighted by molar-refractivity contribution is 0.374. The Morgan fingerprint density at radius 2 is 1.67 bits per heavy atom. The van der Waals surface area contributed by atoms with Crippen molar-refractivity contribution in [3.8, 4) is 22.8 Å². The monoisotopic (exact) mass is 378 g/mol. The van der Waals surface area contributed by atoms with E-state index in [9.17, 15) is 0 Å². The van der Waals surface area contributed by atoms with Gasteiger partial charge in [0, 0.05) is 16.0 Å². The van der Waals surface area contributed by atoms with E-state index in [1.165, 1.54) is 16.0 Å². The SMILES string of the molecule is CSc1ccc(-c2noc(Cc3nnc(-c4ccc(C)c(C)c4)o3)n2)cc1. The van der Waals surface area contributed by atoms with E-state index >= 15 is 0 Å². The lowest BCUT2D eigenvalue weighted by Crippen LogP contribution is -1.89. The summed E-state index contributed by atoms with van der Waals surface area (Å²) in [4.78, 5) is 5.61. The normalized spacial score (nSPS) is 11.1. The fourth-order valence-corrected chi connectivity index (χ4v) is 3.04. The van der Waals surface area contributed by atoms with E-state index < -0.39 is 0 Å². The molecule has 0 aliphatic heterocycles. The molecule has 0 saturated heterocycles. The minimum absolute atomic E-state index is 0.299. The minimum atomic E-state index is 0.299. The van der Waals surface area contributed by atoms with Gasteiger partial charge in [-0.2, -0.15) is 4.98 Å². The molecule has 0 amide bonds. The Morgan fingerprint density at radius 3 is 2.41 bits per heavy atom. The molecule has 2 aromatic carbocycles. The van der Waals surface area contributed by atoms with E-state index in [1.807, 2.05) is 48.7 Å². The van der Waals surface area contributed by atoms with Gasteiger partial charge in [-0.15, -0.1) is 22.0 Å². The summed E-state index contributed by atoms with van der Waals surface area (Å²) in [5.41, 5.74) is 4.21. The van der Waals surface area contributed by atoms with Crippen molar-refractivity contribution in [2.45, 2.75) is 25.2 Å². The molecule has 0 atom stereocenters. The molecule has 7 heteroatoms. The lowest BCUT2D eigenvalue weighted by atomic mass is 10.1. The van der Waals surface area contributed by atoms with Gasteiger partial charge in [-0.1, -0.05) is 11.2 Å². The molecule has 4 rings (SSSR count). The first kappa shape index (κ1) is 17.5. The third-order valence-corrected chi connectivity index (χ3v) is 5.08. The Bertz CT molecular complexity index is 1070. The molecule has 0 N–H and O–H groups in total. The highest BCUT2D eigenvalue weighted by molar-refractivity contribution is 7.98. The fourth-order valence-electron chi connectivity index (χ4n) is 2.63. The summed E-state index contributed by atoms with van der Waals surface area (Å²) in [7, 11) is 0. The van der Waals surface area contributed by atoms with Crippen molar-refractivity contribution in [3.63, 3.8) is 0 Å². The van der Waals surface area contributed by atoms with Crippen LogP contribution in [0.15, 0.2) is 56.3 Å². The van der Waals surface area contributed by atoms with Gasteiger partial charge in [0.2, 0.25) is 23.5 Å². The van der Waals surface area contributed by atoms with Crippen LogP contribution in [0, 0.1) is 13.8 Å². The zero-order valence-corrected chi connectivity index (χ0v) is 16.1. The molecule has 2 heterocycles. The highest BCUT2D eigenvalue weighted by Gasteiger charge is 2.15. The summed E-state index contributed by atoms with van der Waals surface area (Å²) in [6.45, 7) is 4.13. The predicted molar refractivity (Wildman–Crippen MR) is 104 cm³/mol. The molecule has 0 bridgehead atoms. The largest absolute Gasteiger partial charge is 0.420 e. The molecule has 0 unspecified atom stereocenters. The molecule has 0 aliphatic carbocycles.